The lowest BCUT2D eigenvalue weighted by Crippen LogP contribution is -2.17. The Labute approximate surface area is 86.6 Å². The molecule has 0 spiro atoms. The van der Waals surface area contributed by atoms with Crippen LogP contribution in [-0.4, -0.2) is 22.2 Å². The molecular weight excluding hydrogens is 196 g/mol. The maximum Gasteiger partial charge on any atom is 0.224 e. The van der Waals surface area contributed by atoms with Crippen molar-refractivity contribution >= 4 is 17.3 Å². The quantitative estimate of drug-likeness (QED) is 0.836. The zero-order chi connectivity index (χ0) is 9.97. The first kappa shape index (κ1) is 9.21. The molecule has 2 rings (SSSR count). The van der Waals surface area contributed by atoms with Gasteiger partial charge < -0.3 is 9.88 Å². The third-order valence-corrected chi connectivity index (χ3v) is 2.68. The molecule has 2 aromatic rings. The first-order valence-electron chi connectivity index (χ1n) is 4.37. The second-order valence-corrected chi connectivity index (χ2v) is 4.00. The third kappa shape index (κ3) is 1.93. The van der Waals surface area contributed by atoms with E-state index in [0.717, 1.165) is 18.3 Å². The van der Waals surface area contributed by atoms with Gasteiger partial charge in [0, 0.05) is 13.6 Å². The monoisotopic (exact) mass is 208 g/mol. The van der Waals surface area contributed by atoms with Gasteiger partial charge in [-0.15, -0.1) is 10.2 Å². The molecule has 4 nitrogen and oxygen atoms in total. The summed E-state index contributed by atoms with van der Waals surface area (Å²) in [7, 11) is 2.00. The lowest BCUT2D eigenvalue weighted by atomic mass is 10.3. The highest BCUT2D eigenvalue weighted by molar-refractivity contribution is 7.07. The molecule has 0 saturated carbocycles. The summed E-state index contributed by atoms with van der Waals surface area (Å²) in [5.41, 5.74) is 1.30. The number of thiophene rings is 1. The SMILES string of the molecule is Cc1nnc(N(C)Cc2ccsc2)[nH]1. The van der Waals surface area contributed by atoms with Gasteiger partial charge in [0.15, 0.2) is 0 Å². The van der Waals surface area contributed by atoms with Crippen molar-refractivity contribution in [3.05, 3.63) is 28.2 Å². The summed E-state index contributed by atoms with van der Waals surface area (Å²) in [6.45, 7) is 2.76. The minimum atomic E-state index is 0.814. The molecule has 0 aliphatic heterocycles. The number of hydrogen-bond donors (Lipinski definition) is 1. The van der Waals surface area contributed by atoms with E-state index in [4.69, 9.17) is 0 Å². The smallest absolute Gasteiger partial charge is 0.224 e. The molecule has 0 aliphatic rings. The summed E-state index contributed by atoms with van der Waals surface area (Å²) in [5.74, 6) is 1.66. The highest BCUT2D eigenvalue weighted by Crippen LogP contribution is 2.12. The molecular formula is C9H12N4S. The Morgan fingerprint density at radius 1 is 1.50 bits per heavy atom. The number of aromatic amines is 1. The van der Waals surface area contributed by atoms with E-state index in [9.17, 15) is 0 Å². The van der Waals surface area contributed by atoms with Crippen molar-refractivity contribution in [1.82, 2.24) is 15.2 Å². The van der Waals surface area contributed by atoms with Gasteiger partial charge in [-0.3, -0.25) is 0 Å². The molecule has 5 heteroatoms. The molecule has 0 unspecified atom stereocenters. The van der Waals surface area contributed by atoms with E-state index in [2.05, 4.69) is 32.0 Å². The van der Waals surface area contributed by atoms with Gasteiger partial charge in [-0.25, -0.2) is 0 Å². The molecule has 14 heavy (non-hydrogen) atoms. The molecule has 1 N–H and O–H groups in total. The number of hydrogen-bond acceptors (Lipinski definition) is 4. The minimum Gasteiger partial charge on any atom is -0.340 e. The second-order valence-electron chi connectivity index (χ2n) is 3.22. The number of anilines is 1. The maximum atomic E-state index is 4.02. The molecule has 0 bridgehead atoms. The lowest BCUT2D eigenvalue weighted by molar-refractivity contribution is 0.874. The number of nitrogens with one attached hydrogen (secondary N) is 1. The standard InChI is InChI=1S/C9H12N4S/c1-7-10-9(12-11-7)13(2)5-8-3-4-14-6-8/h3-4,6H,5H2,1-2H3,(H,10,11,12). The molecule has 2 aromatic heterocycles. The van der Waals surface area contributed by atoms with E-state index in [0.29, 0.717) is 0 Å². The van der Waals surface area contributed by atoms with Crippen LogP contribution in [0.3, 0.4) is 0 Å². The minimum absolute atomic E-state index is 0.814. The van der Waals surface area contributed by atoms with E-state index < -0.39 is 0 Å². The Morgan fingerprint density at radius 2 is 2.36 bits per heavy atom. The van der Waals surface area contributed by atoms with E-state index >= 15 is 0 Å². The Balaban J connectivity index is 2.06. The van der Waals surface area contributed by atoms with Gasteiger partial charge in [0.1, 0.15) is 5.82 Å². The van der Waals surface area contributed by atoms with Crippen molar-refractivity contribution in [2.24, 2.45) is 0 Å². The zero-order valence-electron chi connectivity index (χ0n) is 8.19. The van der Waals surface area contributed by atoms with E-state index in [1.165, 1.54) is 5.56 Å². The van der Waals surface area contributed by atoms with Crippen molar-refractivity contribution in [2.45, 2.75) is 13.5 Å². The maximum absolute atomic E-state index is 4.02. The fourth-order valence-electron chi connectivity index (χ4n) is 1.24. The van der Waals surface area contributed by atoms with Crippen LogP contribution in [0.15, 0.2) is 16.8 Å². The highest BCUT2D eigenvalue weighted by Gasteiger charge is 2.05. The third-order valence-electron chi connectivity index (χ3n) is 1.95. The van der Waals surface area contributed by atoms with Gasteiger partial charge in [-0.1, -0.05) is 0 Å². The van der Waals surface area contributed by atoms with Crippen LogP contribution in [0.5, 0.6) is 0 Å². The molecule has 0 atom stereocenters. The van der Waals surface area contributed by atoms with Gasteiger partial charge in [-0.2, -0.15) is 11.3 Å². The lowest BCUT2D eigenvalue weighted by Gasteiger charge is -2.13. The topological polar surface area (TPSA) is 44.8 Å². The van der Waals surface area contributed by atoms with Gasteiger partial charge in [0.05, 0.1) is 0 Å². The number of rotatable bonds is 3. The summed E-state index contributed by atoms with van der Waals surface area (Å²) >= 11 is 1.71. The fourth-order valence-corrected chi connectivity index (χ4v) is 1.90. The van der Waals surface area contributed by atoms with Gasteiger partial charge in [0.25, 0.3) is 0 Å². The summed E-state index contributed by atoms with van der Waals surface area (Å²) in [6, 6.07) is 2.12. The summed E-state index contributed by atoms with van der Waals surface area (Å²) in [6.07, 6.45) is 0. The van der Waals surface area contributed by atoms with Crippen molar-refractivity contribution in [2.75, 3.05) is 11.9 Å². The fraction of sp³-hybridized carbons (Fsp3) is 0.333. The van der Waals surface area contributed by atoms with Gasteiger partial charge in [0.2, 0.25) is 5.95 Å². The van der Waals surface area contributed by atoms with E-state index in [1.807, 2.05) is 18.9 Å². The molecule has 0 radical (unpaired) electrons. The Bertz CT molecular complexity index is 393. The molecule has 0 aromatic carbocycles. The number of H-pyrrole nitrogens is 1. The second kappa shape index (κ2) is 3.79. The van der Waals surface area contributed by atoms with E-state index in [1.54, 1.807) is 11.3 Å². The average molecular weight is 208 g/mol. The first-order valence-corrected chi connectivity index (χ1v) is 5.31. The summed E-state index contributed by atoms with van der Waals surface area (Å²) in [5, 5.41) is 12.2. The number of aryl methyl sites for hydroxylation is 1. The molecule has 0 amide bonds. The molecule has 0 fully saturated rings. The Morgan fingerprint density at radius 3 is 2.93 bits per heavy atom. The van der Waals surface area contributed by atoms with Crippen molar-refractivity contribution in [3.8, 4) is 0 Å². The largest absolute Gasteiger partial charge is 0.340 e. The summed E-state index contributed by atoms with van der Waals surface area (Å²) in [4.78, 5) is 5.14. The molecule has 0 aliphatic carbocycles. The average Bonchev–Trinajstić information content (AvgIpc) is 2.75. The van der Waals surface area contributed by atoms with Gasteiger partial charge in [-0.05, 0) is 29.3 Å². The van der Waals surface area contributed by atoms with Crippen molar-refractivity contribution < 1.29 is 0 Å². The number of nitrogens with zero attached hydrogens (tertiary/aromatic N) is 3. The van der Waals surface area contributed by atoms with Crippen LogP contribution < -0.4 is 4.90 Å². The Kier molecular flexibility index (Phi) is 2.49. The van der Waals surface area contributed by atoms with E-state index in [-0.39, 0.29) is 0 Å². The van der Waals surface area contributed by atoms with Gasteiger partial charge >= 0.3 is 0 Å². The molecule has 2 heterocycles. The highest BCUT2D eigenvalue weighted by atomic mass is 32.1. The predicted octanol–water partition coefficient (Wildman–Crippen LogP) is 1.81. The predicted molar refractivity (Wildman–Crippen MR) is 57.5 cm³/mol. The molecule has 74 valence electrons. The van der Waals surface area contributed by atoms with Crippen LogP contribution in [0.1, 0.15) is 11.4 Å². The van der Waals surface area contributed by atoms with Crippen molar-refractivity contribution in [3.63, 3.8) is 0 Å². The van der Waals surface area contributed by atoms with Crippen LogP contribution in [0.4, 0.5) is 5.95 Å². The van der Waals surface area contributed by atoms with Crippen LogP contribution in [0.25, 0.3) is 0 Å². The zero-order valence-corrected chi connectivity index (χ0v) is 9.01. The Hall–Kier alpha value is -1.36. The van der Waals surface area contributed by atoms with Crippen LogP contribution in [0.2, 0.25) is 0 Å². The summed E-state index contributed by atoms with van der Waals surface area (Å²) < 4.78 is 0. The normalized spacial score (nSPS) is 10.4. The van der Waals surface area contributed by atoms with Crippen LogP contribution in [0, 0.1) is 6.92 Å². The molecule has 0 saturated heterocycles. The van der Waals surface area contributed by atoms with Crippen LogP contribution in [-0.2, 0) is 6.54 Å². The van der Waals surface area contributed by atoms with Crippen molar-refractivity contribution in [1.29, 1.82) is 0 Å². The van der Waals surface area contributed by atoms with Crippen LogP contribution >= 0.6 is 11.3 Å². The first-order chi connectivity index (χ1) is 6.75. The number of aromatic nitrogens is 3.